The molecule has 0 unspecified atom stereocenters. The second kappa shape index (κ2) is 9.89. The van der Waals surface area contributed by atoms with Crippen LogP contribution in [0.4, 0.5) is 26.1 Å². The van der Waals surface area contributed by atoms with Crippen molar-refractivity contribution in [2.45, 2.75) is 20.3 Å². The molecule has 2 aliphatic heterocycles. The summed E-state index contributed by atoms with van der Waals surface area (Å²) in [6, 6.07) is 13.1. The Labute approximate surface area is 220 Å². The number of fused-ring (bicyclic) bond motifs is 1. The van der Waals surface area contributed by atoms with Gasteiger partial charge in [0.15, 0.2) is 11.6 Å². The van der Waals surface area contributed by atoms with Crippen LogP contribution < -0.4 is 19.9 Å². The van der Waals surface area contributed by atoms with E-state index in [2.05, 4.69) is 42.2 Å². The third-order valence-corrected chi connectivity index (χ3v) is 6.93. The van der Waals surface area contributed by atoms with Crippen molar-refractivity contribution in [3.8, 4) is 11.8 Å². The number of aliphatic imine (C=N–C) groups is 1. The summed E-state index contributed by atoms with van der Waals surface area (Å²) < 4.78 is 35.9. The van der Waals surface area contributed by atoms with Gasteiger partial charge in [0.2, 0.25) is 0 Å². The van der Waals surface area contributed by atoms with Gasteiger partial charge in [0.1, 0.15) is 23.3 Å². The van der Waals surface area contributed by atoms with Crippen LogP contribution in [0.3, 0.4) is 0 Å². The van der Waals surface area contributed by atoms with Crippen molar-refractivity contribution in [3.63, 3.8) is 0 Å². The first kappa shape index (κ1) is 24.1. The van der Waals surface area contributed by atoms with E-state index >= 15 is 4.39 Å². The molecule has 1 fully saturated rings. The molecule has 3 heterocycles. The fourth-order valence-electron chi connectivity index (χ4n) is 5.00. The van der Waals surface area contributed by atoms with Crippen LogP contribution in [0.2, 0.25) is 0 Å². The van der Waals surface area contributed by atoms with Crippen LogP contribution in [0.25, 0.3) is 6.08 Å². The molecule has 3 aromatic rings. The van der Waals surface area contributed by atoms with Crippen molar-refractivity contribution in [2.24, 2.45) is 4.99 Å². The highest BCUT2D eigenvalue weighted by molar-refractivity contribution is 6.05. The number of hydrogen-bond donors (Lipinski definition) is 1. The Balaban J connectivity index is 1.29. The summed E-state index contributed by atoms with van der Waals surface area (Å²) in [6.45, 7) is 7.58. The maximum atomic E-state index is 15.3. The SMILES string of the molecule is CC1=CC(Nc2cc(N3CCN(c4ccccc4)CC3)nc(Oc3cc(F)c4c(c3F)C=C(C)C4)n2)=NC1. The van der Waals surface area contributed by atoms with E-state index < -0.39 is 11.6 Å². The molecule has 0 amide bonds. The molecule has 1 aliphatic carbocycles. The lowest BCUT2D eigenvalue weighted by Crippen LogP contribution is -2.46. The topological polar surface area (TPSA) is 65.9 Å². The fourth-order valence-corrected chi connectivity index (χ4v) is 5.00. The molecule has 2 aromatic carbocycles. The predicted octanol–water partition coefficient (Wildman–Crippen LogP) is 5.60. The first-order chi connectivity index (χ1) is 18.4. The van der Waals surface area contributed by atoms with Gasteiger partial charge >= 0.3 is 6.01 Å². The Kier molecular flexibility index (Phi) is 6.27. The Hall–Kier alpha value is -4.27. The molecular weight excluding hydrogens is 486 g/mol. The van der Waals surface area contributed by atoms with Gasteiger partial charge in [0, 0.05) is 55.1 Å². The minimum Gasteiger partial charge on any atom is -0.421 e. The van der Waals surface area contributed by atoms with Crippen LogP contribution in [-0.4, -0.2) is 48.5 Å². The number of nitrogens with one attached hydrogen (secondary N) is 1. The lowest BCUT2D eigenvalue weighted by Gasteiger charge is -2.36. The molecule has 0 radical (unpaired) electrons. The number of ether oxygens (including phenoxy) is 1. The number of amidine groups is 1. The lowest BCUT2D eigenvalue weighted by molar-refractivity contribution is 0.406. The second-order valence-electron chi connectivity index (χ2n) is 9.85. The third kappa shape index (κ3) is 4.83. The summed E-state index contributed by atoms with van der Waals surface area (Å²) in [5, 5.41) is 3.21. The number of nitrogens with zero attached hydrogens (tertiary/aromatic N) is 5. The molecule has 0 spiro atoms. The quantitative estimate of drug-likeness (QED) is 0.478. The van der Waals surface area contributed by atoms with E-state index in [0.717, 1.165) is 43.4 Å². The molecule has 6 rings (SSSR count). The molecule has 9 heteroatoms. The minimum atomic E-state index is -0.614. The first-order valence-electron chi connectivity index (χ1n) is 12.7. The van der Waals surface area contributed by atoms with Gasteiger partial charge in [-0.1, -0.05) is 29.8 Å². The maximum absolute atomic E-state index is 15.3. The van der Waals surface area contributed by atoms with Crippen molar-refractivity contribution < 1.29 is 13.5 Å². The van der Waals surface area contributed by atoms with Crippen LogP contribution >= 0.6 is 0 Å². The zero-order valence-corrected chi connectivity index (χ0v) is 21.3. The molecule has 1 aromatic heterocycles. The summed E-state index contributed by atoms with van der Waals surface area (Å²) in [6.07, 6.45) is 4.00. The fraction of sp³-hybridized carbons (Fsp3) is 0.276. The van der Waals surface area contributed by atoms with Crippen molar-refractivity contribution >= 4 is 29.2 Å². The Bertz CT molecular complexity index is 1480. The summed E-state index contributed by atoms with van der Waals surface area (Å²) in [5.41, 5.74) is 3.79. The number of para-hydroxylation sites is 1. The van der Waals surface area contributed by atoms with Crippen LogP contribution in [0.1, 0.15) is 25.0 Å². The average molecular weight is 515 g/mol. The van der Waals surface area contributed by atoms with Crippen molar-refractivity contribution in [2.75, 3.05) is 47.8 Å². The highest BCUT2D eigenvalue weighted by Gasteiger charge is 2.25. The van der Waals surface area contributed by atoms with E-state index in [1.807, 2.05) is 44.2 Å². The molecule has 1 N–H and O–H groups in total. The van der Waals surface area contributed by atoms with Crippen LogP contribution in [0, 0.1) is 11.6 Å². The van der Waals surface area contributed by atoms with Crippen LogP contribution in [0.5, 0.6) is 11.8 Å². The number of anilines is 3. The summed E-state index contributed by atoms with van der Waals surface area (Å²) in [7, 11) is 0. The van der Waals surface area contributed by atoms with Gasteiger partial charge in [-0.3, -0.25) is 4.99 Å². The second-order valence-corrected chi connectivity index (χ2v) is 9.85. The number of aromatic nitrogens is 2. The normalized spacial score (nSPS) is 16.7. The standard InChI is InChI=1S/C29H28F2N6O/c1-18-12-21-22(13-18)28(31)24(15-23(21)30)38-29-34-26(33-25-14-19(2)17-32-25)16-27(35-29)37-10-8-36(9-11-37)20-6-4-3-5-7-20/h3-7,13-16H,8-12,17H2,1-2H3,(H,32,33,34,35). The molecule has 38 heavy (non-hydrogen) atoms. The van der Waals surface area contributed by atoms with Gasteiger partial charge in [0.05, 0.1) is 6.54 Å². The third-order valence-electron chi connectivity index (χ3n) is 6.93. The highest BCUT2D eigenvalue weighted by Crippen LogP contribution is 2.36. The molecule has 0 saturated carbocycles. The number of rotatable bonds is 5. The largest absolute Gasteiger partial charge is 0.421 e. The Morgan fingerprint density at radius 2 is 1.66 bits per heavy atom. The molecule has 194 valence electrons. The van der Waals surface area contributed by atoms with E-state index in [0.29, 0.717) is 36.0 Å². The summed E-state index contributed by atoms with van der Waals surface area (Å²) in [5.74, 6) is 0.440. The molecule has 1 saturated heterocycles. The van der Waals surface area contributed by atoms with E-state index in [9.17, 15) is 4.39 Å². The molecule has 0 atom stereocenters. The minimum absolute atomic E-state index is 0.0632. The van der Waals surface area contributed by atoms with E-state index in [1.165, 1.54) is 5.69 Å². The smallest absolute Gasteiger partial charge is 0.326 e. The molecule has 3 aliphatic rings. The van der Waals surface area contributed by atoms with Gasteiger partial charge in [-0.15, -0.1) is 0 Å². The highest BCUT2D eigenvalue weighted by atomic mass is 19.1. The lowest BCUT2D eigenvalue weighted by atomic mass is 10.1. The van der Waals surface area contributed by atoms with E-state index in [4.69, 9.17) is 4.74 Å². The molecular formula is C29H28F2N6O. The van der Waals surface area contributed by atoms with Crippen molar-refractivity contribution in [1.29, 1.82) is 0 Å². The zero-order chi connectivity index (χ0) is 26.2. The molecule has 7 nitrogen and oxygen atoms in total. The molecule has 0 bridgehead atoms. The summed E-state index contributed by atoms with van der Waals surface area (Å²) in [4.78, 5) is 18.0. The number of halogens is 2. The van der Waals surface area contributed by atoms with Gasteiger partial charge in [-0.25, -0.2) is 8.78 Å². The monoisotopic (exact) mass is 514 g/mol. The summed E-state index contributed by atoms with van der Waals surface area (Å²) >= 11 is 0. The number of allylic oxidation sites excluding steroid dienone is 1. The van der Waals surface area contributed by atoms with Gasteiger partial charge < -0.3 is 19.9 Å². The van der Waals surface area contributed by atoms with Gasteiger partial charge in [0.25, 0.3) is 0 Å². The number of piperazine rings is 1. The Morgan fingerprint density at radius 3 is 2.39 bits per heavy atom. The van der Waals surface area contributed by atoms with Crippen molar-refractivity contribution in [3.05, 3.63) is 82.4 Å². The maximum Gasteiger partial charge on any atom is 0.326 e. The predicted molar refractivity (Wildman–Crippen MR) is 146 cm³/mol. The zero-order valence-electron chi connectivity index (χ0n) is 21.3. The van der Waals surface area contributed by atoms with Gasteiger partial charge in [-0.05, 0) is 44.1 Å². The van der Waals surface area contributed by atoms with Crippen molar-refractivity contribution in [1.82, 2.24) is 9.97 Å². The van der Waals surface area contributed by atoms with E-state index in [-0.39, 0.29) is 17.3 Å². The van der Waals surface area contributed by atoms with E-state index in [1.54, 1.807) is 6.08 Å². The number of benzene rings is 2. The Morgan fingerprint density at radius 1 is 0.895 bits per heavy atom. The van der Waals surface area contributed by atoms with Crippen LogP contribution in [-0.2, 0) is 6.42 Å². The average Bonchev–Trinajstić information content (AvgIpc) is 3.53. The number of hydrogen-bond acceptors (Lipinski definition) is 7. The van der Waals surface area contributed by atoms with Crippen LogP contribution in [0.15, 0.2) is 64.7 Å². The van der Waals surface area contributed by atoms with Gasteiger partial charge in [-0.2, -0.15) is 9.97 Å². The first-order valence-corrected chi connectivity index (χ1v) is 12.7.